The number of hydrogen-bond donors (Lipinski definition) is 0. The zero-order chi connectivity index (χ0) is 17.1. The van der Waals surface area contributed by atoms with Gasteiger partial charge in [-0.3, -0.25) is 0 Å². The van der Waals surface area contributed by atoms with Crippen molar-refractivity contribution in [3.63, 3.8) is 0 Å². The van der Waals surface area contributed by atoms with Crippen molar-refractivity contribution in [1.29, 1.82) is 0 Å². The average molecular weight is 340 g/mol. The maximum atomic E-state index is 5.45. The minimum atomic E-state index is 0.750. The van der Waals surface area contributed by atoms with Crippen molar-refractivity contribution in [3.8, 4) is 11.4 Å². The van der Waals surface area contributed by atoms with Crippen LogP contribution >= 0.6 is 11.8 Å². The highest BCUT2D eigenvalue weighted by Gasteiger charge is 2.14. The molecule has 124 valence electrons. The van der Waals surface area contributed by atoms with E-state index in [1.807, 2.05) is 25.1 Å². The van der Waals surface area contributed by atoms with E-state index in [9.17, 15) is 0 Å². The van der Waals surface area contributed by atoms with Crippen molar-refractivity contribution in [2.75, 3.05) is 7.11 Å². The van der Waals surface area contributed by atoms with Crippen LogP contribution < -0.4 is 4.74 Å². The van der Waals surface area contributed by atoms with Crippen molar-refractivity contribution >= 4 is 11.8 Å². The Morgan fingerprint density at radius 1 is 1.04 bits per heavy atom. The summed E-state index contributed by atoms with van der Waals surface area (Å²) in [6.07, 6.45) is 0. The number of nitrogens with zero attached hydrogens (tertiary/aromatic N) is 4. The van der Waals surface area contributed by atoms with E-state index in [0.717, 1.165) is 27.9 Å². The number of thioether (sulfide) groups is 1. The molecule has 0 radical (unpaired) electrons. The van der Waals surface area contributed by atoms with Gasteiger partial charge in [0.15, 0.2) is 0 Å². The molecule has 6 heteroatoms. The van der Waals surface area contributed by atoms with Crippen LogP contribution in [0.2, 0.25) is 0 Å². The summed E-state index contributed by atoms with van der Waals surface area (Å²) >= 11 is 1.62. The zero-order valence-electron chi connectivity index (χ0n) is 14.3. The predicted octanol–water partition coefficient (Wildman–Crippen LogP) is 3.89. The Hall–Kier alpha value is -2.34. The molecule has 24 heavy (non-hydrogen) atoms. The summed E-state index contributed by atoms with van der Waals surface area (Å²) in [5, 5.41) is 12.9. The fourth-order valence-corrected chi connectivity index (χ4v) is 3.43. The normalized spacial score (nSPS) is 10.8. The van der Waals surface area contributed by atoms with Gasteiger partial charge in [0.25, 0.3) is 0 Å². The van der Waals surface area contributed by atoms with Gasteiger partial charge in [-0.15, -0.1) is 5.10 Å². The van der Waals surface area contributed by atoms with Gasteiger partial charge >= 0.3 is 0 Å². The number of benzene rings is 2. The lowest BCUT2D eigenvalue weighted by molar-refractivity contribution is 0.410. The van der Waals surface area contributed by atoms with Gasteiger partial charge in [-0.2, -0.15) is 4.68 Å². The lowest BCUT2D eigenvalue weighted by Gasteiger charge is -2.11. The minimum absolute atomic E-state index is 0.750. The fraction of sp³-hybridized carbons (Fsp3) is 0.278. The highest BCUT2D eigenvalue weighted by Crippen LogP contribution is 2.29. The van der Waals surface area contributed by atoms with Crippen LogP contribution in [0.15, 0.2) is 41.6 Å². The predicted molar refractivity (Wildman–Crippen MR) is 95.9 cm³/mol. The van der Waals surface area contributed by atoms with E-state index in [0.29, 0.717) is 0 Å². The first-order valence-electron chi connectivity index (χ1n) is 7.71. The first-order valence-corrected chi connectivity index (χ1v) is 8.69. The van der Waals surface area contributed by atoms with Gasteiger partial charge in [-0.25, -0.2) is 0 Å². The van der Waals surface area contributed by atoms with Crippen LogP contribution in [0, 0.1) is 20.8 Å². The van der Waals surface area contributed by atoms with Crippen LogP contribution in [0.1, 0.15) is 22.3 Å². The first kappa shape index (κ1) is 16.5. The first-order chi connectivity index (χ1) is 11.6. The second-order valence-electron chi connectivity index (χ2n) is 5.77. The summed E-state index contributed by atoms with van der Waals surface area (Å²) in [5.41, 5.74) is 5.82. The standard InChI is InChI=1S/C18H20N4OS/c1-12-5-7-14(3)15(9-12)11-24-18-19-20-21-22(18)16-10-13(2)6-8-17(16)23-4/h5-10H,11H2,1-4H3. The molecule has 0 bridgehead atoms. The molecule has 0 N–H and O–H groups in total. The molecule has 0 saturated heterocycles. The third kappa shape index (κ3) is 3.43. The topological polar surface area (TPSA) is 52.8 Å². The van der Waals surface area contributed by atoms with Gasteiger partial charge in [0.2, 0.25) is 5.16 Å². The summed E-state index contributed by atoms with van der Waals surface area (Å²) < 4.78 is 7.19. The van der Waals surface area contributed by atoms with E-state index in [1.165, 1.54) is 16.7 Å². The molecule has 0 amide bonds. The van der Waals surface area contributed by atoms with E-state index in [4.69, 9.17) is 4.74 Å². The van der Waals surface area contributed by atoms with Gasteiger partial charge in [-0.05, 0) is 60.0 Å². The molecule has 1 aromatic heterocycles. The van der Waals surface area contributed by atoms with Crippen molar-refractivity contribution in [1.82, 2.24) is 20.2 Å². The van der Waals surface area contributed by atoms with E-state index in [2.05, 4.69) is 47.6 Å². The number of hydrogen-bond acceptors (Lipinski definition) is 5. The Kier molecular flexibility index (Phi) is 4.85. The molecule has 0 aliphatic carbocycles. The van der Waals surface area contributed by atoms with Crippen LogP contribution in [0.3, 0.4) is 0 Å². The van der Waals surface area contributed by atoms with Crippen LogP contribution in [0.25, 0.3) is 5.69 Å². The fourth-order valence-electron chi connectivity index (χ4n) is 2.48. The lowest BCUT2D eigenvalue weighted by Crippen LogP contribution is -2.02. The lowest BCUT2D eigenvalue weighted by atomic mass is 10.1. The second kappa shape index (κ2) is 7.05. The Morgan fingerprint density at radius 3 is 2.58 bits per heavy atom. The maximum absolute atomic E-state index is 5.45. The van der Waals surface area contributed by atoms with Gasteiger partial charge in [0.05, 0.1) is 7.11 Å². The van der Waals surface area contributed by atoms with Crippen molar-refractivity contribution < 1.29 is 4.74 Å². The van der Waals surface area contributed by atoms with Crippen molar-refractivity contribution in [3.05, 3.63) is 58.7 Å². The third-order valence-corrected chi connectivity index (χ3v) is 4.83. The quantitative estimate of drug-likeness (QED) is 0.660. The summed E-state index contributed by atoms with van der Waals surface area (Å²) in [6.45, 7) is 6.27. The number of tetrazole rings is 1. The smallest absolute Gasteiger partial charge is 0.214 e. The number of aryl methyl sites for hydroxylation is 3. The van der Waals surface area contributed by atoms with Crippen LogP contribution in [0.4, 0.5) is 0 Å². The van der Waals surface area contributed by atoms with Gasteiger partial charge < -0.3 is 4.74 Å². The van der Waals surface area contributed by atoms with Crippen molar-refractivity contribution in [2.24, 2.45) is 0 Å². The number of aromatic nitrogens is 4. The van der Waals surface area contributed by atoms with E-state index in [-0.39, 0.29) is 0 Å². The Labute approximate surface area is 146 Å². The maximum Gasteiger partial charge on any atom is 0.214 e. The molecular formula is C18H20N4OS. The zero-order valence-corrected chi connectivity index (χ0v) is 15.1. The number of ether oxygens (including phenoxy) is 1. The van der Waals surface area contributed by atoms with E-state index >= 15 is 0 Å². The van der Waals surface area contributed by atoms with Crippen LogP contribution in [-0.4, -0.2) is 27.3 Å². The molecule has 3 aromatic rings. The SMILES string of the molecule is COc1ccc(C)cc1-n1nnnc1SCc1cc(C)ccc1C. The van der Waals surface area contributed by atoms with Gasteiger partial charge in [-0.1, -0.05) is 41.6 Å². The molecular weight excluding hydrogens is 320 g/mol. The number of methoxy groups -OCH3 is 1. The molecule has 0 atom stereocenters. The molecule has 3 rings (SSSR count). The van der Waals surface area contributed by atoms with Gasteiger partial charge in [0, 0.05) is 5.75 Å². The molecule has 0 fully saturated rings. The molecule has 0 aliphatic rings. The molecule has 1 heterocycles. The minimum Gasteiger partial charge on any atom is -0.494 e. The average Bonchev–Trinajstić information content (AvgIpc) is 3.04. The highest BCUT2D eigenvalue weighted by molar-refractivity contribution is 7.98. The Balaban J connectivity index is 1.89. The summed E-state index contributed by atoms with van der Waals surface area (Å²) in [4.78, 5) is 0. The van der Waals surface area contributed by atoms with E-state index in [1.54, 1.807) is 23.6 Å². The summed E-state index contributed by atoms with van der Waals surface area (Å²) in [7, 11) is 1.65. The molecule has 2 aromatic carbocycles. The Morgan fingerprint density at radius 2 is 1.79 bits per heavy atom. The number of rotatable bonds is 5. The highest BCUT2D eigenvalue weighted by atomic mass is 32.2. The van der Waals surface area contributed by atoms with Crippen LogP contribution in [0.5, 0.6) is 5.75 Å². The largest absolute Gasteiger partial charge is 0.494 e. The summed E-state index contributed by atoms with van der Waals surface area (Å²) in [5.74, 6) is 1.57. The monoisotopic (exact) mass is 340 g/mol. The molecule has 5 nitrogen and oxygen atoms in total. The van der Waals surface area contributed by atoms with Crippen LogP contribution in [-0.2, 0) is 5.75 Å². The molecule has 0 saturated carbocycles. The third-order valence-electron chi connectivity index (χ3n) is 3.86. The molecule has 0 unspecified atom stereocenters. The molecule has 0 spiro atoms. The summed E-state index contributed by atoms with van der Waals surface area (Å²) in [6, 6.07) is 12.5. The van der Waals surface area contributed by atoms with E-state index < -0.39 is 0 Å². The Bertz CT molecular complexity index is 860. The van der Waals surface area contributed by atoms with Gasteiger partial charge in [0.1, 0.15) is 11.4 Å². The second-order valence-corrected chi connectivity index (χ2v) is 6.71. The van der Waals surface area contributed by atoms with Crippen molar-refractivity contribution in [2.45, 2.75) is 31.7 Å². The molecule has 0 aliphatic heterocycles.